The lowest BCUT2D eigenvalue weighted by Crippen LogP contribution is -2.30. The Kier molecular flexibility index (Phi) is 5.95. The summed E-state index contributed by atoms with van der Waals surface area (Å²) in [5.41, 5.74) is 1.23. The molecule has 21 heavy (non-hydrogen) atoms. The van der Waals surface area contributed by atoms with Crippen molar-refractivity contribution in [3.05, 3.63) is 52.6 Å². The minimum atomic E-state index is 0.558. The maximum atomic E-state index is 5.25. The Morgan fingerprint density at radius 3 is 2.71 bits per heavy atom. The highest BCUT2D eigenvalue weighted by Crippen LogP contribution is 2.17. The van der Waals surface area contributed by atoms with E-state index in [1.54, 1.807) is 13.3 Å². The molecule has 2 aromatic rings. The molecule has 0 fully saturated rings. The van der Waals surface area contributed by atoms with Crippen molar-refractivity contribution in [3.63, 3.8) is 0 Å². The van der Waals surface area contributed by atoms with E-state index in [4.69, 9.17) is 17.0 Å². The molecule has 0 bridgehead atoms. The first-order valence-corrected chi connectivity index (χ1v) is 7.67. The van der Waals surface area contributed by atoms with Gasteiger partial charge < -0.3 is 15.4 Å². The van der Waals surface area contributed by atoms with E-state index < -0.39 is 0 Å². The van der Waals surface area contributed by atoms with Crippen LogP contribution in [0.5, 0.6) is 5.75 Å². The SMILES string of the molecule is COc1ccc(CCNC(=S)Nc2ncccc2Br)cc1. The molecule has 0 amide bonds. The molecule has 2 rings (SSSR count). The third kappa shape index (κ3) is 4.99. The summed E-state index contributed by atoms with van der Waals surface area (Å²) >= 11 is 8.67. The van der Waals surface area contributed by atoms with Crippen molar-refractivity contribution in [1.82, 2.24) is 10.3 Å². The lowest BCUT2D eigenvalue weighted by atomic mass is 10.1. The Morgan fingerprint density at radius 1 is 1.29 bits per heavy atom. The van der Waals surface area contributed by atoms with Gasteiger partial charge in [0.25, 0.3) is 0 Å². The van der Waals surface area contributed by atoms with Gasteiger partial charge in [-0.2, -0.15) is 0 Å². The van der Waals surface area contributed by atoms with Gasteiger partial charge in [0.05, 0.1) is 11.6 Å². The van der Waals surface area contributed by atoms with Crippen LogP contribution >= 0.6 is 28.1 Å². The maximum Gasteiger partial charge on any atom is 0.171 e. The molecule has 0 aliphatic rings. The Hall–Kier alpha value is -1.66. The molecule has 1 aromatic heterocycles. The van der Waals surface area contributed by atoms with E-state index in [2.05, 4.69) is 31.5 Å². The molecule has 4 nitrogen and oxygen atoms in total. The maximum absolute atomic E-state index is 5.25. The number of halogens is 1. The van der Waals surface area contributed by atoms with Crippen LogP contribution in [0.1, 0.15) is 5.56 Å². The molecule has 6 heteroatoms. The standard InChI is InChI=1S/C15H16BrN3OS/c1-20-12-6-4-11(5-7-12)8-10-18-15(21)19-14-13(16)3-2-9-17-14/h2-7,9H,8,10H2,1H3,(H2,17,18,19,21). The van der Waals surface area contributed by atoms with Gasteiger partial charge >= 0.3 is 0 Å². The number of thiocarbonyl (C=S) groups is 1. The van der Waals surface area contributed by atoms with Gasteiger partial charge in [0.2, 0.25) is 0 Å². The second kappa shape index (κ2) is 7.95. The van der Waals surface area contributed by atoms with Crippen molar-refractivity contribution in [2.45, 2.75) is 6.42 Å². The van der Waals surface area contributed by atoms with Crippen LogP contribution in [0.25, 0.3) is 0 Å². The zero-order valence-corrected chi connectivity index (χ0v) is 14.0. The Morgan fingerprint density at radius 2 is 2.05 bits per heavy atom. The van der Waals surface area contributed by atoms with Crippen molar-refractivity contribution < 1.29 is 4.74 Å². The van der Waals surface area contributed by atoms with Crippen LogP contribution in [-0.4, -0.2) is 23.8 Å². The lowest BCUT2D eigenvalue weighted by molar-refractivity contribution is 0.414. The van der Waals surface area contributed by atoms with Crippen molar-refractivity contribution in [3.8, 4) is 5.75 Å². The monoisotopic (exact) mass is 365 g/mol. The van der Waals surface area contributed by atoms with Crippen LogP contribution in [0.15, 0.2) is 47.1 Å². The molecule has 110 valence electrons. The average molecular weight is 366 g/mol. The molecule has 0 saturated heterocycles. The van der Waals surface area contributed by atoms with Gasteiger partial charge in [-0.15, -0.1) is 0 Å². The summed E-state index contributed by atoms with van der Waals surface area (Å²) in [6.45, 7) is 0.753. The molecule has 0 atom stereocenters. The largest absolute Gasteiger partial charge is 0.497 e. The summed E-state index contributed by atoms with van der Waals surface area (Å²) in [6.07, 6.45) is 2.60. The summed E-state index contributed by atoms with van der Waals surface area (Å²) in [6, 6.07) is 11.8. The number of nitrogens with zero attached hydrogens (tertiary/aromatic N) is 1. The first-order chi connectivity index (χ1) is 10.2. The third-order valence-electron chi connectivity index (χ3n) is 2.85. The number of anilines is 1. The molecular weight excluding hydrogens is 350 g/mol. The number of pyridine rings is 1. The van der Waals surface area contributed by atoms with Crippen molar-refractivity contribution in [2.75, 3.05) is 19.0 Å². The van der Waals surface area contributed by atoms with E-state index in [0.717, 1.165) is 23.2 Å². The van der Waals surface area contributed by atoms with Crippen LogP contribution in [0, 0.1) is 0 Å². The van der Waals surface area contributed by atoms with E-state index >= 15 is 0 Å². The summed E-state index contributed by atoms with van der Waals surface area (Å²) in [4.78, 5) is 4.20. The van der Waals surface area contributed by atoms with Crippen LogP contribution in [0.4, 0.5) is 5.82 Å². The lowest BCUT2D eigenvalue weighted by Gasteiger charge is -2.11. The number of rotatable bonds is 5. The number of benzene rings is 1. The summed E-state index contributed by atoms with van der Waals surface area (Å²) in [5.74, 6) is 1.57. The fraction of sp³-hybridized carbons (Fsp3) is 0.200. The molecular formula is C15H16BrN3OS. The fourth-order valence-corrected chi connectivity index (χ4v) is 2.29. The van der Waals surface area contributed by atoms with E-state index in [1.807, 2.05) is 36.4 Å². The predicted molar refractivity (Wildman–Crippen MR) is 92.9 cm³/mol. The van der Waals surface area contributed by atoms with Crippen molar-refractivity contribution in [2.24, 2.45) is 0 Å². The van der Waals surface area contributed by atoms with Gasteiger partial charge in [-0.3, -0.25) is 0 Å². The molecule has 0 unspecified atom stereocenters. The topological polar surface area (TPSA) is 46.2 Å². The summed E-state index contributed by atoms with van der Waals surface area (Å²) in [7, 11) is 1.66. The minimum absolute atomic E-state index is 0.558. The van der Waals surface area contributed by atoms with E-state index in [1.165, 1.54) is 5.56 Å². The van der Waals surface area contributed by atoms with E-state index in [0.29, 0.717) is 10.9 Å². The van der Waals surface area contributed by atoms with E-state index in [-0.39, 0.29) is 0 Å². The Balaban J connectivity index is 1.77. The first kappa shape index (κ1) is 15.7. The molecule has 0 radical (unpaired) electrons. The van der Waals surface area contributed by atoms with Gasteiger partial charge in [0, 0.05) is 12.7 Å². The van der Waals surface area contributed by atoms with Gasteiger partial charge in [-0.25, -0.2) is 4.98 Å². The zero-order chi connectivity index (χ0) is 15.1. The zero-order valence-electron chi connectivity index (χ0n) is 11.6. The Bertz CT molecular complexity index is 604. The highest BCUT2D eigenvalue weighted by molar-refractivity contribution is 9.10. The average Bonchev–Trinajstić information content (AvgIpc) is 2.50. The molecule has 0 saturated carbocycles. The number of hydrogen-bond donors (Lipinski definition) is 2. The molecule has 0 aliphatic carbocycles. The Labute approximate surface area is 138 Å². The fourth-order valence-electron chi connectivity index (χ4n) is 1.74. The van der Waals surface area contributed by atoms with Crippen molar-refractivity contribution in [1.29, 1.82) is 0 Å². The highest BCUT2D eigenvalue weighted by atomic mass is 79.9. The number of methoxy groups -OCH3 is 1. The minimum Gasteiger partial charge on any atom is -0.497 e. The van der Waals surface area contributed by atoms with Gasteiger partial charge in [-0.05, 0) is 64.4 Å². The quantitative estimate of drug-likeness (QED) is 0.795. The highest BCUT2D eigenvalue weighted by Gasteiger charge is 2.02. The number of aromatic nitrogens is 1. The first-order valence-electron chi connectivity index (χ1n) is 6.47. The number of hydrogen-bond acceptors (Lipinski definition) is 3. The van der Waals surface area contributed by atoms with Gasteiger partial charge in [-0.1, -0.05) is 12.1 Å². The number of nitrogens with one attached hydrogen (secondary N) is 2. The summed E-state index contributed by atoms with van der Waals surface area (Å²) < 4.78 is 6.01. The van der Waals surface area contributed by atoms with Crippen molar-refractivity contribution >= 4 is 39.1 Å². The van der Waals surface area contributed by atoms with E-state index in [9.17, 15) is 0 Å². The molecule has 0 aliphatic heterocycles. The summed E-state index contributed by atoms with van der Waals surface area (Å²) in [5, 5.41) is 6.78. The molecule has 0 spiro atoms. The van der Waals surface area contributed by atoms with Gasteiger partial charge in [0.15, 0.2) is 5.11 Å². The smallest absolute Gasteiger partial charge is 0.171 e. The molecule has 1 aromatic carbocycles. The third-order valence-corrected chi connectivity index (χ3v) is 3.73. The normalized spacial score (nSPS) is 10.0. The molecule has 2 N–H and O–H groups in total. The predicted octanol–water partition coefficient (Wildman–Crippen LogP) is 3.38. The number of ether oxygens (including phenoxy) is 1. The van der Waals surface area contributed by atoms with Crippen LogP contribution < -0.4 is 15.4 Å². The van der Waals surface area contributed by atoms with Crippen LogP contribution in [-0.2, 0) is 6.42 Å². The second-order valence-corrected chi connectivity index (χ2v) is 5.58. The van der Waals surface area contributed by atoms with Crippen LogP contribution in [0.2, 0.25) is 0 Å². The van der Waals surface area contributed by atoms with Crippen LogP contribution in [0.3, 0.4) is 0 Å². The van der Waals surface area contributed by atoms with Gasteiger partial charge in [0.1, 0.15) is 11.6 Å². The molecule has 1 heterocycles. The second-order valence-electron chi connectivity index (χ2n) is 4.31.